The second kappa shape index (κ2) is 6.98. The summed E-state index contributed by atoms with van der Waals surface area (Å²) in [5, 5.41) is 12.5. The Balaban J connectivity index is 1.96. The van der Waals surface area contributed by atoms with Crippen LogP contribution >= 0.6 is 15.9 Å². The van der Waals surface area contributed by atoms with E-state index in [1.54, 1.807) is 48.5 Å². The van der Waals surface area contributed by atoms with E-state index in [1.165, 1.54) is 6.92 Å². The first-order chi connectivity index (χ1) is 12.0. The van der Waals surface area contributed by atoms with Gasteiger partial charge in [0.25, 0.3) is 5.69 Å². The fourth-order valence-electron chi connectivity index (χ4n) is 2.45. The molecule has 0 saturated carbocycles. The lowest BCUT2D eigenvalue weighted by atomic mass is 10.2. The number of halogens is 1. The van der Waals surface area contributed by atoms with Crippen LogP contribution in [-0.2, 0) is 11.3 Å². The zero-order chi connectivity index (χ0) is 18.0. The number of rotatable bonds is 4. The van der Waals surface area contributed by atoms with Gasteiger partial charge in [0, 0.05) is 17.5 Å². The number of hydrogen-bond acceptors (Lipinski definition) is 5. The molecule has 0 aliphatic heterocycles. The number of nitrogens with zero attached hydrogens (tertiary/aromatic N) is 2. The van der Waals surface area contributed by atoms with Crippen LogP contribution in [0.2, 0.25) is 0 Å². The molecule has 0 saturated heterocycles. The minimum Gasteiger partial charge on any atom is -0.618 e. The van der Waals surface area contributed by atoms with Crippen molar-refractivity contribution in [2.75, 3.05) is 0 Å². The van der Waals surface area contributed by atoms with Crippen LogP contribution in [0.15, 0.2) is 53.0 Å². The first kappa shape index (κ1) is 17.0. The molecule has 0 radical (unpaired) electrons. The lowest BCUT2D eigenvalue weighted by molar-refractivity contribution is -0.580. The highest BCUT2D eigenvalue weighted by Gasteiger charge is 2.24. The number of aromatic nitrogens is 2. The van der Waals surface area contributed by atoms with Crippen molar-refractivity contribution in [1.29, 1.82) is 0 Å². The van der Waals surface area contributed by atoms with E-state index in [-0.39, 0.29) is 23.5 Å². The first-order valence-electron chi connectivity index (χ1n) is 7.43. The van der Waals surface area contributed by atoms with Gasteiger partial charge in [-0.1, -0.05) is 24.3 Å². The monoisotopic (exact) mass is 400 g/mol. The molecule has 3 aromatic rings. The Hall–Kier alpha value is -2.80. The van der Waals surface area contributed by atoms with Crippen molar-refractivity contribution in [3.63, 3.8) is 0 Å². The van der Waals surface area contributed by atoms with Gasteiger partial charge in [-0.05, 0) is 34.1 Å². The summed E-state index contributed by atoms with van der Waals surface area (Å²) in [4.78, 5) is 28.4. The number of fused-ring (bicyclic) bond motifs is 1. The van der Waals surface area contributed by atoms with Crippen LogP contribution in [-0.4, -0.2) is 16.7 Å². The van der Waals surface area contributed by atoms with Gasteiger partial charge in [0.1, 0.15) is 12.1 Å². The fraction of sp³-hybridized carbons (Fsp3) is 0.111. The summed E-state index contributed by atoms with van der Waals surface area (Å²) in [5.74, 6) is -1.02. The maximum Gasteiger partial charge on any atom is 0.339 e. The largest absolute Gasteiger partial charge is 0.618 e. The summed E-state index contributed by atoms with van der Waals surface area (Å²) in [6, 6.07) is 13.5. The summed E-state index contributed by atoms with van der Waals surface area (Å²) in [6.07, 6.45) is 0. The van der Waals surface area contributed by atoms with Crippen LogP contribution in [0.1, 0.15) is 33.5 Å². The highest BCUT2D eigenvalue weighted by Crippen LogP contribution is 2.18. The Morgan fingerprint density at radius 3 is 2.56 bits per heavy atom. The van der Waals surface area contributed by atoms with Gasteiger partial charge in [-0.2, -0.15) is 4.73 Å². The normalized spacial score (nSPS) is 10.6. The number of hydrogen-bond donors (Lipinski definition) is 0. The van der Waals surface area contributed by atoms with Crippen LogP contribution < -0.4 is 4.73 Å². The van der Waals surface area contributed by atoms with E-state index < -0.39 is 11.8 Å². The molecule has 3 rings (SSSR count). The highest BCUT2D eigenvalue weighted by atomic mass is 79.9. The van der Waals surface area contributed by atoms with E-state index in [0.717, 1.165) is 0 Å². The molecular weight excluding hydrogens is 388 g/mol. The van der Waals surface area contributed by atoms with E-state index in [2.05, 4.69) is 20.9 Å². The lowest BCUT2D eigenvalue weighted by Crippen LogP contribution is -2.37. The van der Waals surface area contributed by atoms with E-state index in [1.807, 2.05) is 0 Å². The van der Waals surface area contributed by atoms with E-state index in [9.17, 15) is 14.8 Å². The SMILES string of the molecule is CC(=O)c1c(COC(=O)c2ccccc2Br)nc2ccccc2[n+]1[O-]. The number of ether oxygens (including phenoxy) is 1. The molecule has 0 unspecified atom stereocenters. The number of esters is 1. The fourth-order valence-corrected chi connectivity index (χ4v) is 2.90. The van der Waals surface area contributed by atoms with Gasteiger partial charge in [0.15, 0.2) is 5.69 Å². The molecule has 0 atom stereocenters. The molecule has 2 aromatic carbocycles. The molecule has 7 heteroatoms. The maximum atomic E-state index is 12.5. The van der Waals surface area contributed by atoms with Gasteiger partial charge in [-0.15, -0.1) is 0 Å². The second-order valence-corrected chi connectivity index (χ2v) is 6.16. The number of benzene rings is 2. The molecule has 126 valence electrons. The molecule has 1 heterocycles. The summed E-state index contributed by atoms with van der Waals surface area (Å²) >= 11 is 3.28. The molecule has 1 aromatic heterocycles. The average Bonchev–Trinajstić information content (AvgIpc) is 2.60. The second-order valence-electron chi connectivity index (χ2n) is 5.30. The molecular formula is C18H13BrN2O4. The predicted octanol–water partition coefficient (Wildman–Crippen LogP) is 3.19. The van der Waals surface area contributed by atoms with Crippen LogP contribution in [0, 0.1) is 5.21 Å². The van der Waals surface area contributed by atoms with Gasteiger partial charge in [-0.3, -0.25) is 4.79 Å². The Morgan fingerprint density at radius 2 is 1.84 bits per heavy atom. The number of carbonyl (C=O) groups excluding carboxylic acids is 2. The molecule has 0 spiro atoms. The molecule has 25 heavy (non-hydrogen) atoms. The van der Waals surface area contributed by atoms with Crippen molar-refractivity contribution in [2.45, 2.75) is 13.5 Å². The zero-order valence-electron chi connectivity index (χ0n) is 13.2. The Bertz CT molecular complexity index is 988. The third-order valence-electron chi connectivity index (χ3n) is 3.60. The van der Waals surface area contributed by atoms with Crippen LogP contribution in [0.25, 0.3) is 11.0 Å². The molecule has 0 bridgehead atoms. The first-order valence-corrected chi connectivity index (χ1v) is 8.22. The van der Waals surface area contributed by atoms with Gasteiger partial charge >= 0.3 is 5.97 Å². The minimum absolute atomic E-state index is 0.126. The van der Waals surface area contributed by atoms with Crippen molar-refractivity contribution in [3.8, 4) is 0 Å². The predicted molar refractivity (Wildman–Crippen MR) is 94.0 cm³/mol. The van der Waals surface area contributed by atoms with E-state index in [4.69, 9.17) is 4.74 Å². The minimum atomic E-state index is -0.575. The van der Waals surface area contributed by atoms with Crippen LogP contribution in [0.5, 0.6) is 0 Å². The molecule has 0 aliphatic rings. The topological polar surface area (TPSA) is 83.2 Å². The van der Waals surface area contributed by atoms with Crippen LogP contribution in [0.3, 0.4) is 0 Å². The Labute approximate surface area is 151 Å². The number of ketones is 1. The third kappa shape index (κ3) is 3.36. The summed E-state index contributed by atoms with van der Waals surface area (Å²) in [6.45, 7) is 1.00. The van der Waals surface area contributed by atoms with E-state index in [0.29, 0.717) is 20.3 Å². The standard InChI is InChI=1S/C18H13BrN2O4/c1-11(22)17-15(20-14-8-4-5-9-16(14)21(17)24)10-25-18(23)12-6-2-3-7-13(12)19/h2-9H,10H2,1H3. The molecule has 0 fully saturated rings. The highest BCUT2D eigenvalue weighted by molar-refractivity contribution is 9.10. The molecule has 0 N–H and O–H groups in total. The quantitative estimate of drug-likeness (QED) is 0.290. The average molecular weight is 401 g/mol. The summed E-state index contributed by atoms with van der Waals surface area (Å²) in [7, 11) is 0. The smallest absolute Gasteiger partial charge is 0.339 e. The van der Waals surface area contributed by atoms with Gasteiger partial charge < -0.3 is 9.94 Å². The van der Waals surface area contributed by atoms with Crippen molar-refractivity contribution < 1.29 is 19.1 Å². The van der Waals surface area contributed by atoms with Gasteiger partial charge in [0.05, 0.1) is 5.56 Å². The maximum absolute atomic E-state index is 12.5. The van der Waals surface area contributed by atoms with E-state index >= 15 is 0 Å². The lowest BCUT2D eigenvalue weighted by Gasteiger charge is -2.11. The molecule has 6 nitrogen and oxygen atoms in total. The molecule has 0 amide bonds. The number of para-hydroxylation sites is 2. The van der Waals surface area contributed by atoms with Crippen molar-refractivity contribution in [2.24, 2.45) is 0 Å². The Kier molecular flexibility index (Phi) is 4.76. The number of Topliss-reactive ketones (excluding diaryl/α,β-unsaturated/α-hetero) is 1. The van der Waals surface area contributed by atoms with Gasteiger partial charge in [-0.25, -0.2) is 9.78 Å². The van der Waals surface area contributed by atoms with Crippen molar-refractivity contribution in [3.05, 3.63) is 75.2 Å². The van der Waals surface area contributed by atoms with Crippen LogP contribution in [0.4, 0.5) is 0 Å². The van der Waals surface area contributed by atoms with Gasteiger partial charge in [0.2, 0.25) is 11.3 Å². The summed E-state index contributed by atoms with van der Waals surface area (Å²) < 4.78 is 6.38. The Morgan fingerprint density at radius 1 is 1.16 bits per heavy atom. The third-order valence-corrected chi connectivity index (χ3v) is 4.29. The summed E-state index contributed by atoms with van der Waals surface area (Å²) in [5.41, 5.74) is 1.06. The van der Waals surface area contributed by atoms with Crippen molar-refractivity contribution >= 4 is 38.7 Å². The zero-order valence-corrected chi connectivity index (χ0v) is 14.8. The molecule has 0 aliphatic carbocycles. The van der Waals surface area contributed by atoms with Crippen molar-refractivity contribution in [1.82, 2.24) is 4.98 Å². The number of carbonyl (C=O) groups is 2.